The lowest BCUT2D eigenvalue weighted by Gasteiger charge is -2.07. The molecule has 0 unspecified atom stereocenters. The molecule has 1 rings (SSSR count). The Bertz CT molecular complexity index is 639. The second kappa shape index (κ2) is 16.3. The van der Waals surface area contributed by atoms with E-state index in [9.17, 15) is 14.4 Å². The van der Waals surface area contributed by atoms with Gasteiger partial charge in [-0.05, 0) is 13.3 Å². The topological polar surface area (TPSA) is 146 Å². The molecule has 30 heavy (non-hydrogen) atoms. The summed E-state index contributed by atoms with van der Waals surface area (Å²) in [4.78, 5) is 41.6. The lowest BCUT2D eigenvalue weighted by atomic mass is 10.2. The van der Waals surface area contributed by atoms with Gasteiger partial charge in [-0.1, -0.05) is 0 Å². The molecule has 0 spiro atoms. The van der Waals surface area contributed by atoms with Crippen LogP contribution >= 0.6 is 0 Å². The molecule has 0 aromatic carbocycles. The van der Waals surface area contributed by atoms with Crippen LogP contribution in [0, 0.1) is 6.92 Å². The van der Waals surface area contributed by atoms with Crippen LogP contribution in [0.25, 0.3) is 0 Å². The van der Waals surface area contributed by atoms with E-state index in [2.05, 4.69) is 15.3 Å². The maximum absolute atomic E-state index is 11.8. The molecule has 168 valence electrons. The van der Waals surface area contributed by atoms with Crippen LogP contribution in [0.15, 0.2) is 12.4 Å². The summed E-state index contributed by atoms with van der Waals surface area (Å²) in [6, 6.07) is 0. The van der Waals surface area contributed by atoms with Gasteiger partial charge in [0.15, 0.2) is 5.78 Å². The van der Waals surface area contributed by atoms with Crippen LogP contribution in [0.2, 0.25) is 0 Å². The molecule has 0 bridgehead atoms. The summed E-state index contributed by atoms with van der Waals surface area (Å²) >= 11 is 0. The van der Waals surface area contributed by atoms with Gasteiger partial charge in [-0.15, -0.1) is 0 Å². The average molecular weight is 427 g/mol. The van der Waals surface area contributed by atoms with E-state index < -0.39 is 5.97 Å². The van der Waals surface area contributed by atoms with E-state index >= 15 is 0 Å². The number of carbonyl (C=O) groups is 3. The van der Waals surface area contributed by atoms with Crippen LogP contribution in [0.1, 0.15) is 29.0 Å². The number of carbonyl (C=O) groups excluding carboxylic acids is 2. The first-order valence-electron chi connectivity index (χ1n) is 9.60. The van der Waals surface area contributed by atoms with Crippen molar-refractivity contribution in [3.63, 3.8) is 0 Å². The SMILES string of the molecule is Cc1ncc(C(=O)NCCOCCOCC(=O)CCCOCCOCC(=O)O)cn1. The normalized spacial score (nSPS) is 10.7. The summed E-state index contributed by atoms with van der Waals surface area (Å²) in [7, 11) is 0. The highest BCUT2D eigenvalue weighted by Gasteiger charge is 2.06. The van der Waals surface area contributed by atoms with E-state index in [-0.39, 0.29) is 44.7 Å². The summed E-state index contributed by atoms with van der Waals surface area (Å²) < 4.78 is 20.6. The van der Waals surface area contributed by atoms with Gasteiger partial charge >= 0.3 is 5.97 Å². The van der Waals surface area contributed by atoms with Gasteiger partial charge in [0.2, 0.25) is 0 Å². The predicted molar refractivity (Wildman–Crippen MR) is 104 cm³/mol. The Labute approximate surface area is 175 Å². The summed E-state index contributed by atoms with van der Waals surface area (Å²) in [5.41, 5.74) is 0.388. The number of aliphatic carboxylic acids is 1. The van der Waals surface area contributed by atoms with E-state index in [0.29, 0.717) is 50.6 Å². The number of nitrogens with one attached hydrogen (secondary N) is 1. The first-order chi connectivity index (χ1) is 14.5. The number of nitrogens with zero attached hydrogens (tertiary/aromatic N) is 2. The van der Waals surface area contributed by atoms with Crippen LogP contribution in [0.5, 0.6) is 0 Å². The smallest absolute Gasteiger partial charge is 0.329 e. The number of amides is 1. The second-order valence-corrected chi connectivity index (χ2v) is 6.14. The van der Waals surface area contributed by atoms with Crippen molar-refractivity contribution >= 4 is 17.7 Å². The van der Waals surface area contributed by atoms with Crippen LogP contribution in [-0.2, 0) is 28.5 Å². The lowest BCUT2D eigenvalue weighted by Crippen LogP contribution is -2.28. The fourth-order valence-electron chi connectivity index (χ4n) is 2.08. The minimum absolute atomic E-state index is 0.00917. The van der Waals surface area contributed by atoms with Gasteiger partial charge < -0.3 is 29.4 Å². The summed E-state index contributed by atoms with van der Waals surface area (Å²) in [5.74, 6) is -0.723. The molecule has 1 aromatic rings. The quantitative estimate of drug-likeness (QED) is 0.307. The maximum atomic E-state index is 11.8. The third kappa shape index (κ3) is 13.7. The van der Waals surface area contributed by atoms with Crippen molar-refractivity contribution in [3.05, 3.63) is 23.8 Å². The molecule has 0 saturated heterocycles. The van der Waals surface area contributed by atoms with Gasteiger partial charge in [0.25, 0.3) is 5.91 Å². The highest BCUT2D eigenvalue weighted by molar-refractivity contribution is 5.93. The number of aromatic nitrogens is 2. The lowest BCUT2D eigenvalue weighted by molar-refractivity contribution is -0.142. The molecular weight excluding hydrogens is 398 g/mol. The number of ketones is 1. The molecule has 0 aliphatic rings. The summed E-state index contributed by atoms with van der Waals surface area (Å²) in [6.07, 6.45) is 3.83. The molecule has 0 saturated carbocycles. The Kier molecular flexibility index (Phi) is 13.9. The molecule has 2 N–H and O–H groups in total. The van der Waals surface area contributed by atoms with Gasteiger partial charge in [-0.25, -0.2) is 14.8 Å². The first kappa shape index (κ1) is 25.6. The molecular formula is C19H29N3O8. The van der Waals surface area contributed by atoms with E-state index in [1.54, 1.807) is 6.92 Å². The van der Waals surface area contributed by atoms with Crippen molar-refractivity contribution in [1.29, 1.82) is 0 Å². The van der Waals surface area contributed by atoms with Gasteiger partial charge in [-0.2, -0.15) is 0 Å². The Morgan fingerprint density at radius 2 is 1.50 bits per heavy atom. The fraction of sp³-hybridized carbons (Fsp3) is 0.632. The van der Waals surface area contributed by atoms with Crippen molar-refractivity contribution in [2.45, 2.75) is 19.8 Å². The Balaban J connectivity index is 1.87. The Morgan fingerprint density at radius 1 is 0.900 bits per heavy atom. The highest BCUT2D eigenvalue weighted by atomic mass is 16.5. The van der Waals surface area contributed by atoms with Crippen LogP contribution in [0.3, 0.4) is 0 Å². The van der Waals surface area contributed by atoms with E-state index in [4.69, 9.17) is 24.1 Å². The van der Waals surface area contributed by atoms with Crippen LogP contribution < -0.4 is 5.32 Å². The van der Waals surface area contributed by atoms with Crippen LogP contribution in [0.4, 0.5) is 0 Å². The standard InChI is InChI=1S/C19H29N3O8/c1-15-21-11-16(12-22-15)19(26)20-4-6-28-8-9-29-13-17(23)3-2-5-27-7-10-30-14-18(24)25/h11-12H,2-10,13-14H2,1H3,(H,20,26)(H,24,25). The predicted octanol–water partition coefficient (Wildman–Crippen LogP) is 0.0151. The van der Waals surface area contributed by atoms with Crippen LogP contribution in [-0.4, -0.2) is 92.1 Å². The van der Waals surface area contributed by atoms with Crippen molar-refractivity contribution < 1.29 is 38.4 Å². The number of hydrogen-bond donors (Lipinski definition) is 2. The fourth-order valence-corrected chi connectivity index (χ4v) is 2.08. The van der Waals surface area contributed by atoms with E-state index in [1.807, 2.05) is 0 Å². The average Bonchev–Trinajstić information content (AvgIpc) is 2.72. The monoisotopic (exact) mass is 427 g/mol. The van der Waals surface area contributed by atoms with Crippen molar-refractivity contribution in [2.24, 2.45) is 0 Å². The largest absolute Gasteiger partial charge is 0.480 e. The third-order valence-corrected chi connectivity index (χ3v) is 3.55. The minimum Gasteiger partial charge on any atom is -0.480 e. The first-order valence-corrected chi connectivity index (χ1v) is 9.60. The number of carboxylic acids is 1. The molecule has 1 heterocycles. The summed E-state index contributed by atoms with van der Waals surface area (Å²) in [5, 5.41) is 11.1. The summed E-state index contributed by atoms with van der Waals surface area (Å²) in [6.45, 7) is 3.55. The van der Waals surface area contributed by atoms with Gasteiger partial charge in [0.05, 0.1) is 38.6 Å². The molecule has 0 atom stereocenters. The number of Topliss-reactive ketones (excluding diaryl/α,β-unsaturated/α-hetero) is 1. The van der Waals surface area contributed by atoms with Gasteiger partial charge in [-0.3, -0.25) is 9.59 Å². The van der Waals surface area contributed by atoms with Gasteiger partial charge in [0.1, 0.15) is 19.0 Å². The minimum atomic E-state index is -1.02. The number of rotatable bonds is 18. The molecule has 0 aliphatic heterocycles. The molecule has 0 fully saturated rings. The zero-order chi connectivity index (χ0) is 22.0. The zero-order valence-electron chi connectivity index (χ0n) is 17.1. The molecule has 11 heteroatoms. The molecule has 1 amide bonds. The third-order valence-electron chi connectivity index (χ3n) is 3.55. The van der Waals surface area contributed by atoms with E-state index in [1.165, 1.54) is 12.4 Å². The number of hydrogen-bond acceptors (Lipinski definition) is 9. The molecule has 0 aliphatic carbocycles. The highest BCUT2D eigenvalue weighted by Crippen LogP contribution is 1.95. The number of aryl methyl sites for hydroxylation is 1. The number of ether oxygens (including phenoxy) is 4. The number of carboxylic acid groups (broad SMARTS) is 1. The second-order valence-electron chi connectivity index (χ2n) is 6.14. The Morgan fingerprint density at radius 3 is 2.17 bits per heavy atom. The maximum Gasteiger partial charge on any atom is 0.329 e. The molecule has 0 radical (unpaired) electrons. The van der Waals surface area contributed by atoms with Crippen molar-refractivity contribution in [2.75, 3.05) is 59.4 Å². The molecule has 11 nitrogen and oxygen atoms in total. The van der Waals surface area contributed by atoms with Crippen molar-refractivity contribution in [1.82, 2.24) is 15.3 Å². The Hall–Kier alpha value is -2.47. The van der Waals surface area contributed by atoms with Crippen molar-refractivity contribution in [3.8, 4) is 0 Å². The zero-order valence-corrected chi connectivity index (χ0v) is 17.1. The van der Waals surface area contributed by atoms with Gasteiger partial charge in [0, 0.05) is 32.0 Å². The van der Waals surface area contributed by atoms with E-state index in [0.717, 1.165) is 0 Å². The molecule has 1 aromatic heterocycles.